The van der Waals surface area contributed by atoms with E-state index in [9.17, 15) is 14.4 Å². The Morgan fingerprint density at radius 2 is 0.500 bits per heavy atom. The fourth-order valence-electron chi connectivity index (χ4n) is 9.43. The third-order valence-corrected chi connectivity index (χ3v) is 14.3. The van der Waals surface area contributed by atoms with Crippen LogP contribution in [-0.4, -0.2) is 37.2 Å². The number of ether oxygens (including phenoxy) is 3. The molecule has 0 spiro atoms. The van der Waals surface area contributed by atoms with Crippen LogP contribution >= 0.6 is 0 Å². The van der Waals surface area contributed by atoms with E-state index in [2.05, 4.69) is 118 Å². The summed E-state index contributed by atoms with van der Waals surface area (Å²) in [5.41, 5.74) is 0. The van der Waals surface area contributed by atoms with Crippen LogP contribution in [-0.2, 0) is 28.6 Å². The van der Waals surface area contributed by atoms with Gasteiger partial charge in [0.1, 0.15) is 13.2 Å². The lowest BCUT2D eigenvalue weighted by atomic mass is 10.0. The highest BCUT2D eigenvalue weighted by Gasteiger charge is 2.19. The Morgan fingerprint density at radius 3 is 0.782 bits per heavy atom. The lowest BCUT2D eigenvalue weighted by Gasteiger charge is -2.18. The van der Waals surface area contributed by atoms with Gasteiger partial charge in [-0.1, -0.05) is 304 Å². The molecule has 0 amide bonds. The third kappa shape index (κ3) is 63.2. The van der Waals surface area contributed by atoms with Gasteiger partial charge < -0.3 is 14.2 Å². The average molecular weight is 1090 g/mol. The molecule has 0 bridgehead atoms. The molecule has 6 nitrogen and oxygen atoms in total. The predicted molar refractivity (Wildman–Crippen MR) is 339 cm³/mol. The average Bonchev–Trinajstić information content (AvgIpc) is 3.44. The molecule has 1 unspecified atom stereocenters. The van der Waals surface area contributed by atoms with Crippen molar-refractivity contribution in [1.82, 2.24) is 0 Å². The van der Waals surface area contributed by atoms with Gasteiger partial charge in [-0.2, -0.15) is 0 Å². The topological polar surface area (TPSA) is 78.9 Å². The molecular weight excluding hydrogens is 961 g/mol. The molecule has 448 valence electrons. The Bertz CT molecular complexity index is 1530. The Labute approximate surface area is 483 Å². The zero-order valence-corrected chi connectivity index (χ0v) is 51.4. The molecule has 0 aromatic carbocycles. The molecule has 78 heavy (non-hydrogen) atoms. The fourth-order valence-corrected chi connectivity index (χ4v) is 9.43. The first-order valence-corrected chi connectivity index (χ1v) is 33.2. The summed E-state index contributed by atoms with van der Waals surface area (Å²) in [5, 5.41) is 0. The normalized spacial score (nSPS) is 12.7. The van der Waals surface area contributed by atoms with Crippen molar-refractivity contribution in [2.45, 2.75) is 329 Å². The summed E-state index contributed by atoms with van der Waals surface area (Å²) in [6, 6.07) is 0. The Balaban J connectivity index is 4.27. The van der Waals surface area contributed by atoms with Crippen molar-refractivity contribution in [2.75, 3.05) is 13.2 Å². The Hall–Kier alpha value is -3.67. The van der Waals surface area contributed by atoms with Crippen molar-refractivity contribution < 1.29 is 28.6 Å². The molecule has 6 heteroatoms. The summed E-state index contributed by atoms with van der Waals surface area (Å²) < 4.78 is 16.9. The van der Waals surface area contributed by atoms with Gasteiger partial charge in [0.2, 0.25) is 0 Å². The lowest BCUT2D eigenvalue weighted by Crippen LogP contribution is -2.30. The predicted octanol–water partition coefficient (Wildman–Crippen LogP) is 22.8. The van der Waals surface area contributed by atoms with Gasteiger partial charge in [-0.05, 0) is 96.3 Å². The second-order valence-electron chi connectivity index (χ2n) is 22.0. The van der Waals surface area contributed by atoms with E-state index in [4.69, 9.17) is 14.2 Å². The van der Waals surface area contributed by atoms with Crippen LogP contribution in [0.5, 0.6) is 0 Å². The minimum Gasteiger partial charge on any atom is -0.462 e. The summed E-state index contributed by atoms with van der Waals surface area (Å²) in [6.07, 6.45) is 88.5. The van der Waals surface area contributed by atoms with Crippen LogP contribution < -0.4 is 0 Å². The van der Waals surface area contributed by atoms with Crippen molar-refractivity contribution in [3.05, 3.63) is 97.2 Å². The van der Waals surface area contributed by atoms with E-state index in [1.165, 1.54) is 154 Å². The van der Waals surface area contributed by atoms with E-state index in [0.29, 0.717) is 19.3 Å². The molecule has 0 radical (unpaired) electrons. The SMILES string of the molecule is CC/C=C\C/C=C\C/C=C\C/C=C\C/C=C\CCCCCCCCCCCCCCCC(=O)OCC(COC(=O)CCCCCCC/C=C\C/C=C\C/C=C\CC)OC(=O)CCCCCCCCCCCCCCCCCC. The van der Waals surface area contributed by atoms with Gasteiger partial charge >= 0.3 is 17.9 Å². The maximum atomic E-state index is 12.9. The minimum absolute atomic E-state index is 0.0804. The molecule has 0 aromatic rings. The van der Waals surface area contributed by atoms with Crippen LogP contribution in [0.1, 0.15) is 323 Å². The summed E-state index contributed by atoms with van der Waals surface area (Å²) in [7, 11) is 0. The zero-order chi connectivity index (χ0) is 56.4. The standard InChI is InChI=1S/C72H124O6/c1-4-7-10-13-16-19-22-25-28-30-31-32-33-34-35-36-37-38-39-40-41-42-45-47-50-53-56-59-62-65-71(74)77-68-69(67-76-70(73)64-61-58-55-52-49-46-43-27-24-21-18-15-12-9-6-3)78-72(75)66-63-60-57-54-51-48-44-29-26-23-20-17-14-11-8-5-2/h7,9-10,12,16,18-19,21,25,27-28,31-32,34-35,43,69H,4-6,8,11,13-15,17,20,22-24,26,29-30,33,36-42,44-68H2,1-3H3/b10-7-,12-9-,19-16-,21-18-,28-25-,32-31-,35-34-,43-27-. The minimum atomic E-state index is -0.784. The molecule has 0 heterocycles. The summed E-state index contributed by atoms with van der Waals surface area (Å²) in [4.78, 5) is 38.3. The van der Waals surface area contributed by atoms with Crippen LogP contribution in [0.25, 0.3) is 0 Å². The number of unbranched alkanes of at least 4 members (excludes halogenated alkanes) is 33. The van der Waals surface area contributed by atoms with Crippen molar-refractivity contribution in [3.63, 3.8) is 0 Å². The second-order valence-corrected chi connectivity index (χ2v) is 22.0. The molecular formula is C72H124O6. The number of carbonyl (C=O) groups excluding carboxylic acids is 3. The van der Waals surface area contributed by atoms with Gasteiger partial charge in [0.05, 0.1) is 0 Å². The Morgan fingerprint density at radius 1 is 0.269 bits per heavy atom. The van der Waals surface area contributed by atoms with E-state index in [0.717, 1.165) is 128 Å². The molecule has 0 saturated heterocycles. The van der Waals surface area contributed by atoms with Gasteiger partial charge in [0, 0.05) is 19.3 Å². The van der Waals surface area contributed by atoms with Gasteiger partial charge in [-0.3, -0.25) is 14.4 Å². The first kappa shape index (κ1) is 74.3. The first-order valence-electron chi connectivity index (χ1n) is 33.2. The first-order chi connectivity index (χ1) is 38.5. The molecule has 0 rings (SSSR count). The van der Waals surface area contributed by atoms with Crippen LogP contribution in [0, 0.1) is 0 Å². The fraction of sp³-hybridized carbons (Fsp3) is 0.736. The number of allylic oxidation sites excluding steroid dienone is 16. The van der Waals surface area contributed by atoms with Crippen molar-refractivity contribution in [3.8, 4) is 0 Å². The van der Waals surface area contributed by atoms with Crippen LogP contribution in [0.2, 0.25) is 0 Å². The van der Waals surface area contributed by atoms with Crippen LogP contribution in [0.15, 0.2) is 97.2 Å². The summed E-state index contributed by atoms with van der Waals surface area (Å²) in [5.74, 6) is -0.884. The van der Waals surface area contributed by atoms with Crippen molar-refractivity contribution in [1.29, 1.82) is 0 Å². The molecule has 1 atom stereocenters. The zero-order valence-electron chi connectivity index (χ0n) is 51.4. The summed E-state index contributed by atoms with van der Waals surface area (Å²) >= 11 is 0. The molecule has 0 aliphatic rings. The van der Waals surface area contributed by atoms with Crippen molar-refractivity contribution >= 4 is 17.9 Å². The van der Waals surface area contributed by atoms with E-state index >= 15 is 0 Å². The number of rotatable bonds is 60. The molecule has 0 fully saturated rings. The van der Waals surface area contributed by atoms with Gasteiger partial charge in [-0.15, -0.1) is 0 Å². The molecule has 0 aromatic heterocycles. The third-order valence-electron chi connectivity index (χ3n) is 14.3. The summed E-state index contributed by atoms with van der Waals surface area (Å²) in [6.45, 7) is 6.44. The van der Waals surface area contributed by atoms with E-state index in [-0.39, 0.29) is 31.1 Å². The van der Waals surface area contributed by atoms with E-state index in [1.807, 2.05) is 0 Å². The quantitative estimate of drug-likeness (QED) is 0.0261. The Kier molecular flexibility index (Phi) is 62.7. The van der Waals surface area contributed by atoms with Crippen LogP contribution in [0.3, 0.4) is 0 Å². The number of esters is 3. The monoisotopic (exact) mass is 1080 g/mol. The van der Waals surface area contributed by atoms with E-state index in [1.54, 1.807) is 0 Å². The largest absolute Gasteiger partial charge is 0.462 e. The number of carbonyl (C=O) groups is 3. The number of hydrogen-bond donors (Lipinski definition) is 0. The highest BCUT2D eigenvalue weighted by Crippen LogP contribution is 2.17. The maximum Gasteiger partial charge on any atom is 0.306 e. The number of hydrogen-bond acceptors (Lipinski definition) is 6. The smallest absolute Gasteiger partial charge is 0.306 e. The highest BCUT2D eigenvalue weighted by atomic mass is 16.6. The highest BCUT2D eigenvalue weighted by molar-refractivity contribution is 5.71. The maximum absolute atomic E-state index is 12.9. The molecule has 0 N–H and O–H groups in total. The molecule has 0 aliphatic heterocycles. The van der Waals surface area contributed by atoms with Crippen molar-refractivity contribution in [2.24, 2.45) is 0 Å². The van der Waals surface area contributed by atoms with Gasteiger partial charge in [-0.25, -0.2) is 0 Å². The molecule has 0 saturated carbocycles. The second kappa shape index (κ2) is 65.8. The lowest BCUT2D eigenvalue weighted by molar-refractivity contribution is -0.167. The van der Waals surface area contributed by atoms with Crippen LogP contribution in [0.4, 0.5) is 0 Å². The van der Waals surface area contributed by atoms with E-state index < -0.39 is 6.10 Å². The van der Waals surface area contributed by atoms with Gasteiger partial charge in [0.25, 0.3) is 0 Å². The van der Waals surface area contributed by atoms with Gasteiger partial charge in [0.15, 0.2) is 6.10 Å². The molecule has 0 aliphatic carbocycles.